The van der Waals surface area contributed by atoms with Crippen LogP contribution in [0.15, 0.2) is 53.1 Å². The molecule has 0 unspecified atom stereocenters. The van der Waals surface area contributed by atoms with Gasteiger partial charge in [-0.05, 0) is 24.3 Å². The first kappa shape index (κ1) is 18.1. The van der Waals surface area contributed by atoms with Crippen LogP contribution in [0.2, 0.25) is 0 Å². The average Bonchev–Trinajstić information content (AvgIpc) is 3.31. The lowest BCUT2D eigenvalue weighted by Gasteiger charge is -2.32. The Morgan fingerprint density at radius 3 is 2.71 bits per heavy atom. The van der Waals surface area contributed by atoms with Crippen LogP contribution in [0.3, 0.4) is 0 Å². The van der Waals surface area contributed by atoms with E-state index in [1.807, 2.05) is 0 Å². The zero-order valence-corrected chi connectivity index (χ0v) is 14.2. The van der Waals surface area contributed by atoms with E-state index in [2.05, 4.69) is 15.7 Å². The number of nitrogens with one attached hydrogen (secondary N) is 2. The van der Waals surface area contributed by atoms with Gasteiger partial charge in [0.05, 0.1) is 18.0 Å². The Bertz CT molecular complexity index is 997. The minimum absolute atomic E-state index is 0.0219. The van der Waals surface area contributed by atoms with Crippen molar-refractivity contribution in [3.63, 3.8) is 0 Å². The van der Waals surface area contributed by atoms with Crippen molar-refractivity contribution in [1.29, 1.82) is 0 Å². The fraction of sp³-hybridized carbons (Fsp3) is 0.222. The van der Waals surface area contributed by atoms with Crippen LogP contribution in [0.5, 0.6) is 0 Å². The van der Waals surface area contributed by atoms with Gasteiger partial charge in [-0.25, -0.2) is 9.07 Å². The Hall–Kier alpha value is -3.30. The first-order valence-electron chi connectivity index (χ1n) is 8.35. The van der Waals surface area contributed by atoms with Gasteiger partial charge >= 0.3 is 6.18 Å². The highest BCUT2D eigenvalue weighted by Gasteiger charge is 2.47. The summed E-state index contributed by atoms with van der Waals surface area (Å²) in [6, 6.07) is 7.16. The van der Waals surface area contributed by atoms with Crippen LogP contribution in [-0.2, 0) is 0 Å². The number of nitrogens with zero attached hydrogens (tertiary/aromatic N) is 2. The number of halogens is 4. The van der Waals surface area contributed by atoms with Crippen molar-refractivity contribution in [2.24, 2.45) is 0 Å². The fourth-order valence-electron chi connectivity index (χ4n) is 3.11. The number of alkyl halides is 3. The van der Waals surface area contributed by atoms with Gasteiger partial charge in [0, 0.05) is 12.5 Å². The second-order valence-electron chi connectivity index (χ2n) is 6.30. The lowest BCUT2D eigenvalue weighted by Crippen LogP contribution is -2.35. The molecule has 6 nitrogen and oxygen atoms in total. The molecular formula is C18H14F4N4O2. The summed E-state index contributed by atoms with van der Waals surface area (Å²) < 4.78 is 60.4. The maximum Gasteiger partial charge on any atom is 0.410 e. The highest BCUT2D eigenvalue weighted by atomic mass is 19.4. The van der Waals surface area contributed by atoms with E-state index >= 15 is 0 Å². The van der Waals surface area contributed by atoms with Crippen LogP contribution < -0.4 is 10.6 Å². The quantitative estimate of drug-likeness (QED) is 0.641. The molecule has 4 rings (SSSR count). The molecule has 0 radical (unpaired) electrons. The summed E-state index contributed by atoms with van der Waals surface area (Å²) in [7, 11) is 0. The monoisotopic (exact) mass is 394 g/mol. The molecule has 0 spiro atoms. The molecule has 2 N–H and O–H groups in total. The predicted octanol–water partition coefficient (Wildman–Crippen LogP) is 4.53. The standard InChI is InChI=1S/C18H14F4N4O2/c19-10-4-1-2-5-11(10)24-17(27)13-9-16-23-12(14-6-3-7-28-14)8-15(18(20,21)22)26(16)25-13/h1-7,9,12,15,23H,8H2,(H,24,27)/t12-,15-/m0/s1. The van der Waals surface area contributed by atoms with Gasteiger partial charge in [-0.1, -0.05) is 12.1 Å². The molecule has 28 heavy (non-hydrogen) atoms. The number of carbonyl (C=O) groups is 1. The molecule has 1 amide bonds. The van der Waals surface area contributed by atoms with Crippen LogP contribution in [0.1, 0.15) is 34.8 Å². The summed E-state index contributed by atoms with van der Waals surface area (Å²) in [5.41, 5.74) is -0.354. The largest absolute Gasteiger partial charge is 0.467 e. The smallest absolute Gasteiger partial charge is 0.410 e. The van der Waals surface area contributed by atoms with Gasteiger partial charge in [0.1, 0.15) is 17.4 Å². The molecule has 2 atom stereocenters. The fourth-order valence-corrected chi connectivity index (χ4v) is 3.11. The third-order valence-corrected chi connectivity index (χ3v) is 4.43. The van der Waals surface area contributed by atoms with Gasteiger partial charge in [0.2, 0.25) is 0 Å². The zero-order chi connectivity index (χ0) is 19.9. The Morgan fingerprint density at radius 1 is 1.25 bits per heavy atom. The summed E-state index contributed by atoms with van der Waals surface area (Å²) in [5.74, 6) is -1.11. The van der Waals surface area contributed by atoms with Gasteiger partial charge < -0.3 is 15.1 Å². The SMILES string of the molecule is O=C(Nc1ccccc1F)c1cc2n(n1)[C@H](C(F)(F)F)C[C@@H](c1ccco1)N2. The molecule has 0 saturated heterocycles. The van der Waals surface area contributed by atoms with E-state index in [9.17, 15) is 22.4 Å². The van der Waals surface area contributed by atoms with Crippen molar-refractivity contribution >= 4 is 17.4 Å². The van der Waals surface area contributed by atoms with Gasteiger partial charge in [-0.3, -0.25) is 4.79 Å². The van der Waals surface area contributed by atoms with Crippen molar-refractivity contribution < 1.29 is 26.8 Å². The molecule has 0 aliphatic carbocycles. The van der Waals surface area contributed by atoms with Gasteiger partial charge in [-0.15, -0.1) is 0 Å². The lowest BCUT2D eigenvalue weighted by atomic mass is 10.0. The molecule has 1 aromatic carbocycles. The molecule has 1 aliphatic heterocycles. The number of para-hydroxylation sites is 1. The maximum atomic E-state index is 13.7. The molecule has 3 heterocycles. The minimum Gasteiger partial charge on any atom is -0.467 e. The van der Waals surface area contributed by atoms with Crippen LogP contribution in [0.4, 0.5) is 29.1 Å². The molecule has 1 aliphatic rings. The van der Waals surface area contributed by atoms with Crippen LogP contribution in [-0.4, -0.2) is 21.9 Å². The van der Waals surface area contributed by atoms with Gasteiger partial charge in [0.25, 0.3) is 5.91 Å². The molecule has 2 aromatic heterocycles. The van der Waals surface area contributed by atoms with Crippen molar-refractivity contribution in [2.75, 3.05) is 10.6 Å². The summed E-state index contributed by atoms with van der Waals surface area (Å²) in [6.07, 6.45) is -3.55. The van der Waals surface area contributed by atoms with E-state index in [4.69, 9.17) is 4.42 Å². The number of amides is 1. The van der Waals surface area contributed by atoms with Gasteiger partial charge in [-0.2, -0.15) is 18.3 Å². The third kappa shape index (κ3) is 3.32. The number of rotatable bonds is 3. The van der Waals surface area contributed by atoms with Crippen LogP contribution in [0, 0.1) is 5.82 Å². The Morgan fingerprint density at radius 2 is 2.04 bits per heavy atom. The summed E-state index contributed by atoms with van der Waals surface area (Å²) in [6.45, 7) is 0. The van der Waals surface area contributed by atoms with Crippen LogP contribution >= 0.6 is 0 Å². The molecule has 3 aromatic rings. The highest BCUT2D eigenvalue weighted by Crippen LogP contribution is 2.43. The number of hydrogen-bond donors (Lipinski definition) is 2. The number of anilines is 2. The topological polar surface area (TPSA) is 72.1 Å². The van der Waals surface area contributed by atoms with E-state index in [0.29, 0.717) is 5.76 Å². The van der Waals surface area contributed by atoms with Gasteiger partial charge in [0.15, 0.2) is 11.7 Å². The maximum absolute atomic E-state index is 13.7. The minimum atomic E-state index is -4.58. The first-order chi connectivity index (χ1) is 13.3. The number of fused-ring (bicyclic) bond motifs is 1. The number of benzene rings is 1. The average molecular weight is 394 g/mol. The Kier molecular flexibility index (Phi) is 4.33. The van der Waals surface area contributed by atoms with Crippen molar-refractivity contribution in [3.8, 4) is 0 Å². The van der Waals surface area contributed by atoms with Crippen molar-refractivity contribution in [1.82, 2.24) is 9.78 Å². The molecule has 0 saturated carbocycles. The van der Waals surface area contributed by atoms with E-state index in [0.717, 1.165) is 10.7 Å². The molecule has 146 valence electrons. The Labute approximate surface area is 156 Å². The number of hydrogen-bond acceptors (Lipinski definition) is 4. The summed E-state index contributed by atoms with van der Waals surface area (Å²) in [5, 5.41) is 9.02. The summed E-state index contributed by atoms with van der Waals surface area (Å²) in [4.78, 5) is 12.4. The lowest BCUT2D eigenvalue weighted by molar-refractivity contribution is -0.174. The second-order valence-corrected chi connectivity index (χ2v) is 6.30. The van der Waals surface area contributed by atoms with E-state index in [-0.39, 0.29) is 23.6 Å². The van der Waals surface area contributed by atoms with E-state index in [1.54, 1.807) is 12.1 Å². The number of aromatic nitrogens is 2. The van der Waals surface area contributed by atoms with E-state index in [1.165, 1.54) is 30.5 Å². The predicted molar refractivity (Wildman–Crippen MR) is 91.4 cm³/mol. The molecule has 0 fully saturated rings. The molecule has 10 heteroatoms. The van der Waals surface area contributed by atoms with Crippen molar-refractivity contribution in [3.05, 3.63) is 66.0 Å². The summed E-state index contributed by atoms with van der Waals surface area (Å²) >= 11 is 0. The third-order valence-electron chi connectivity index (χ3n) is 4.43. The number of carbonyl (C=O) groups excluding carboxylic acids is 1. The molecule has 0 bridgehead atoms. The second kappa shape index (κ2) is 6.70. The van der Waals surface area contributed by atoms with Crippen LogP contribution in [0.25, 0.3) is 0 Å². The van der Waals surface area contributed by atoms with Crippen molar-refractivity contribution in [2.45, 2.75) is 24.7 Å². The normalized spacial score (nSPS) is 19.0. The highest BCUT2D eigenvalue weighted by molar-refractivity contribution is 6.03. The zero-order valence-electron chi connectivity index (χ0n) is 14.2. The molecular weight excluding hydrogens is 380 g/mol. The first-order valence-corrected chi connectivity index (χ1v) is 8.35. The number of furan rings is 1. The van der Waals surface area contributed by atoms with E-state index < -0.39 is 30.0 Å². The Balaban J connectivity index is 1.65.